The molecular formula is C28H40N2O2. The number of hydrogen-bond donors (Lipinski definition) is 1. The maximum atomic E-state index is 13.2. The standard InChI is InChI=1S/C28H40N2O2/c1-7-21(2)29-27(32)22(3)30(20-19-23-11-9-8-10-12-23)26(31)18-15-24-13-16-25(17-14-24)28(4,5)6/h8-14,16-17,21-22H,7,15,18-20H2,1-6H3,(H,29,32)/t21-,22-/m0/s1. The van der Waals surface area contributed by atoms with Crippen LogP contribution in [0.2, 0.25) is 0 Å². The highest BCUT2D eigenvalue weighted by atomic mass is 16.2. The second kappa shape index (κ2) is 11.8. The molecule has 0 unspecified atom stereocenters. The fourth-order valence-electron chi connectivity index (χ4n) is 3.60. The molecule has 2 aromatic carbocycles. The molecule has 0 aliphatic carbocycles. The van der Waals surface area contributed by atoms with Crippen LogP contribution in [0.5, 0.6) is 0 Å². The maximum absolute atomic E-state index is 13.2. The molecule has 0 saturated heterocycles. The number of nitrogens with zero attached hydrogens (tertiary/aromatic N) is 1. The monoisotopic (exact) mass is 436 g/mol. The Balaban J connectivity index is 2.07. The number of benzene rings is 2. The quantitative estimate of drug-likeness (QED) is 0.550. The Hall–Kier alpha value is -2.62. The van der Waals surface area contributed by atoms with Gasteiger partial charge in [-0.15, -0.1) is 0 Å². The minimum absolute atomic E-state index is 0.0210. The molecular weight excluding hydrogens is 396 g/mol. The van der Waals surface area contributed by atoms with Crippen LogP contribution in [0.25, 0.3) is 0 Å². The fraction of sp³-hybridized carbons (Fsp3) is 0.500. The molecule has 0 saturated carbocycles. The van der Waals surface area contributed by atoms with Gasteiger partial charge in [0.1, 0.15) is 6.04 Å². The zero-order chi connectivity index (χ0) is 23.7. The number of hydrogen-bond acceptors (Lipinski definition) is 2. The van der Waals surface area contributed by atoms with Gasteiger partial charge in [-0.25, -0.2) is 0 Å². The van der Waals surface area contributed by atoms with Crippen molar-refractivity contribution in [3.8, 4) is 0 Å². The molecule has 0 aliphatic rings. The lowest BCUT2D eigenvalue weighted by atomic mass is 9.86. The number of nitrogens with one attached hydrogen (secondary N) is 1. The van der Waals surface area contributed by atoms with Crippen molar-refractivity contribution in [2.45, 2.75) is 84.7 Å². The third-order valence-electron chi connectivity index (χ3n) is 6.10. The van der Waals surface area contributed by atoms with E-state index in [0.29, 0.717) is 19.4 Å². The van der Waals surface area contributed by atoms with Gasteiger partial charge in [-0.3, -0.25) is 9.59 Å². The third-order valence-corrected chi connectivity index (χ3v) is 6.10. The summed E-state index contributed by atoms with van der Waals surface area (Å²) >= 11 is 0. The molecule has 0 bridgehead atoms. The Labute approximate surface area is 194 Å². The lowest BCUT2D eigenvalue weighted by Crippen LogP contribution is -2.50. The van der Waals surface area contributed by atoms with Gasteiger partial charge in [-0.1, -0.05) is 82.3 Å². The smallest absolute Gasteiger partial charge is 0.242 e. The van der Waals surface area contributed by atoms with E-state index in [1.54, 1.807) is 4.90 Å². The molecule has 2 aromatic rings. The highest BCUT2D eigenvalue weighted by molar-refractivity contribution is 5.87. The van der Waals surface area contributed by atoms with Crippen molar-refractivity contribution in [3.63, 3.8) is 0 Å². The Kier molecular flexibility index (Phi) is 9.49. The number of rotatable bonds is 10. The summed E-state index contributed by atoms with van der Waals surface area (Å²) in [6, 6.07) is 18.2. The van der Waals surface area contributed by atoms with Crippen LogP contribution in [0.3, 0.4) is 0 Å². The van der Waals surface area contributed by atoms with Crippen LogP contribution in [0.15, 0.2) is 54.6 Å². The normalized spacial score (nSPS) is 13.3. The molecule has 0 spiro atoms. The second-order valence-corrected chi connectivity index (χ2v) is 9.76. The lowest BCUT2D eigenvalue weighted by Gasteiger charge is -2.30. The van der Waals surface area contributed by atoms with E-state index in [1.807, 2.05) is 39.0 Å². The predicted octanol–water partition coefficient (Wildman–Crippen LogP) is 5.29. The second-order valence-electron chi connectivity index (χ2n) is 9.76. The van der Waals surface area contributed by atoms with Crippen LogP contribution >= 0.6 is 0 Å². The van der Waals surface area contributed by atoms with E-state index in [0.717, 1.165) is 24.0 Å². The molecule has 0 heterocycles. The zero-order valence-corrected chi connectivity index (χ0v) is 20.7. The lowest BCUT2D eigenvalue weighted by molar-refractivity contribution is -0.140. The van der Waals surface area contributed by atoms with Crippen LogP contribution in [-0.2, 0) is 27.8 Å². The van der Waals surface area contributed by atoms with E-state index >= 15 is 0 Å². The molecule has 4 heteroatoms. The van der Waals surface area contributed by atoms with Crippen molar-refractivity contribution in [1.82, 2.24) is 10.2 Å². The summed E-state index contributed by atoms with van der Waals surface area (Å²) in [5.41, 5.74) is 3.71. The Morgan fingerprint density at radius 1 is 0.906 bits per heavy atom. The van der Waals surface area contributed by atoms with Crippen molar-refractivity contribution < 1.29 is 9.59 Å². The Morgan fingerprint density at radius 2 is 1.50 bits per heavy atom. The molecule has 174 valence electrons. The summed E-state index contributed by atoms with van der Waals surface area (Å²) in [5.74, 6) is -0.0667. The van der Waals surface area contributed by atoms with Gasteiger partial charge >= 0.3 is 0 Å². The van der Waals surface area contributed by atoms with Gasteiger partial charge in [0.15, 0.2) is 0 Å². The summed E-state index contributed by atoms with van der Waals surface area (Å²) in [6.07, 6.45) is 2.66. The van der Waals surface area contributed by atoms with Gasteiger partial charge < -0.3 is 10.2 Å². The third kappa shape index (κ3) is 7.81. The predicted molar refractivity (Wildman–Crippen MR) is 133 cm³/mol. The molecule has 0 aromatic heterocycles. The Morgan fingerprint density at radius 3 is 2.06 bits per heavy atom. The first-order valence-corrected chi connectivity index (χ1v) is 11.8. The van der Waals surface area contributed by atoms with E-state index in [-0.39, 0.29) is 23.3 Å². The molecule has 0 aliphatic heterocycles. The van der Waals surface area contributed by atoms with Gasteiger partial charge in [-0.2, -0.15) is 0 Å². The number of carbonyl (C=O) groups excluding carboxylic acids is 2. The highest BCUT2D eigenvalue weighted by Gasteiger charge is 2.26. The van der Waals surface area contributed by atoms with Gasteiger partial charge in [0.25, 0.3) is 0 Å². The van der Waals surface area contributed by atoms with Crippen LogP contribution in [0.1, 0.15) is 71.1 Å². The molecule has 2 atom stereocenters. The van der Waals surface area contributed by atoms with E-state index in [1.165, 1.54) is 5.56 Å². The Bertz CT molecular complexity index is 853. The summed E-state index contributed by atoms with van der Waals surface area (Å²) in [7, 11) is 0. The van der Waals surface area contributed by atoms with E-state index in [9.17, 15) is 9.59 Å². The molecule has 2 rings (SSSR count). The number of aryl methyl sites for hydroxylation is 1. The topological polar surface area (TPSA) is 49.4 Å². The van der Waals surface area contributed by atoms with Crippen molar-refractivity contribution in [2.75, 3.05) is 6.54 Å². The van der Waals surface area contributed by atoms with Crippen LogP contribution in [0.4, 0.5) is 0 Å². The van der Waals surface area contributed by atoms with Crippen molar-refractivity contribution in [2.24, 2.45) is 0 Å². The van der Waals surface area contributed by atoms with Gasteiger partial charge in [0, 0.05) is 19.0 Å². The molecule has 1 N–H and O–H groups in total. The first kappa shape index (κ1) is 25.6. The maximum Gasteiger partial charge on any atom is 0.242 e. The largest absolute Gasteiger partial charge is 0.352 e. The van der Waals surface area contributed by atoms with Crippen molar-refractivity contribution in [3.05, 3.63) is 71.3 Å². The molecule has 2 amide bonds. The van der Waals surface area contributed by atoms with Crippen molar-refractivity contribution in [1.29, 1.82) is 0 Å². The molecule has 0 radical (unpaired) electrons. The SMILES string of the molecule is CC[C@H](C)NC(=O)[C@H](C)N(CCc1ccccc1)C(=O)CCc1ccc(C(C)(C)C)cc1. The highest BCUT2D eigenvalue weighted by Crippen LogP contribution is 2.22. The van der Waals surface area contributed by atoms with E-state index in [4.69, 9.17) is 0 Å². The van der Waals surface area contributed by atoms with Crippen LogP contribution < -0.4 is 5.32 Å². The van der Waals surface area contributed by atoms with Gasteiger partial charge in [0.05, 0.1) is 0 Å². The summed E-state index contributed by atoms with van der Waals surface area (Å²) < 4.78 is 0. The summed E-state index contributed by atoms with van der Waals surface area (Å²) in [6.45, 7) is 13.0. The molecule has 0 fully saturated rings. The first-order chi connectivity index (χ1) is 15.1. The summed E-state index contributed by atoms with van der Waals surface area (Å²) in [4.78, 5) is 27.7. The van der Waals surface area contributed by atoms with Crippen molar-refractivity contribution >= 4 is 11.8 Å². The average Bonchev–Trinajstić information content (AvgIpc) is 2.77. The number of amides is 2. The van der Waals surface area contributed by atoms with Gasteiger partial charge in [-0.05, 0) is 55.2 Å². The van der Waals surface area contributed by atoms with Crippen LogP contribution in [-0.4, -0.2) is 35.3 Å². The first-order valence-electron chi connectivity index (χ1n) is 11.8. The molecule has 32 heavy (non-hydrogen) atoms. The van der Waals surface area contributed by atoms with Gasteiger partial charge in [0.2, 0.25) is 11.8 Å². The zero-order valence-electron chi connectivity index (χ0n) is 20.7. The minimum Gasteiger partial charge on any atom is -0.352 e. The minimum atomic E-state index is -0.497. The number of carbonyl (C=O) groups is 2. The van der Waals surface area contributed by atoms with E-state index < -0.39 is 6.04 Å². The fourth-order valence-corrected chi connectivity index (χ4v) is 3.60. The average molecular weight is 437 g/mol. The molecule has 4 nitrogen and oxygen atoms in total. The van der Waals surface area contributed by atoms with E-state index in [2.05, 4.69) is 62.5 Å². The van der Waals surface area contributed by atoms with Crippen LogP contribution in [0, 0.1) is 0 Å². The summed E-state index contributed by atoms with van der Waals surface area (Å²) in [5, 5.41) is 3.02.